The normalized spacial score (nSPS) is 10.8. The number of nitrogens with one attached hydrogen (secondary N) is 2. The second-order valence-electron chi connectivity index (χ2n) is 6.24. The van der Waals surface area contributed by atoms with Crippen molar-refractivity contribution >= 4 is 44.7 Å². The highest BCUT2D eigenvalue weighted by Crippen LogP contribution is 2.30. The lowest BCUT2D eigenvalue weighted by Gasteiger charge is -2.09. The number of amides is 2. The van der Waals surface area contributed by atoms with Crippen molar-refractivity contribution in [1.82, 2.24) is 15.0 Å². The Kier molecular flexibility index (Phi) is 5.24. The van der Waals surface area contributed by atoms with Crippen molar-refractivity contribution in [2.24, 2.45) is 0 Å². The Labute approximate surface area is 173 Å². The van der Waals surface area contributed by atoms with Crippen molar-refractivity contribution in [1.29, 1.82) is 0 Å². The number of carbonyl (C=O) groups excluding carboxylic acids is 2. The van der Waals surface area contributed by atoms with Gasteiger partial charge >= 0.3 is 0 Å². The van der Waals surface area contributed by atoms with Crippen LogP contribution in [0.3, 0.4) is 0 Å². The van der Waals surface area contributed by atoms with Crippen LogP contribution in [-0.2, 0) is 4.79 Å². The summed E-state index contributed by atoms with van der Waals surface area (Å²) in [5.41, 5.74) is 3.78. The van der Waals surface area contributed by atoms with Crippen LogP contribution in [0.4, 0.5) is 0 Å². The molecule has 9 heteroatoms. The van der Waals surface area contributed by atoms with Gasteiger partial charge in [-0.1, -0.05) is 30.3 Å². The lowest BCUT2D eigenvalue weighted by Crippen LogP contribution is -2.39. The molecule has 3 aromatic heterocycles. The Morgan fingerprint density at radius 2 is 1.93 bits per heavy atom. The third-order valence-corrected chi connectivity index (χ3v) is 6.08. The maximum atomic E-state index is 12.9. The molecule has 0 saturated carbocycles. The summed E-state index contributed by atoms with van der Waals surface area (Å²) in [5.74, 6) is -0.852. The zero-order valence-electron chi connectivity index (χ0n) is 15.3. The minimum atomic E-state index is -0.522. The molecule has 2 N–H and O–H groups in total. The van der Waals surface area contributed by atoms with Gasteiger partial charge in [-0.2, -0.15) is 0 Å². The number of nitrogens with zero attached hydrogens (tertiary/aromatic N) is 2. The van der Waals surface area contributed by atoms with E-state index in [0.717, 1.165) is 20.7 Å². The van der Waals surface area contributed by atoms with Crippen molar-refractivity contribution in [2.45, 2.75) is 6.92 Å². The van der Waals surface area contributed by atoms with E-state index < -0.39 is 5.91 Å². The summed E-state index contributed by atoms with van der Waals surface area (Å²) in [4.78, 5) is 43.6. The fourth-order valence-electron chi connectivity index (χ4n) is 2.82. The number of aromatic nitrogens is 2. The summed E-state index contributed by atoms with van der Waals surface area (Å²) in [7, 11) is 0. The SMILES string of the molecule is Cc1ccc(C(=O)NCC(=O)Nn2cnc3scc(-c4ccccc4)c3c2=O)s1. The largest absolute Gasteiger partial charge is 0.342 e. The summed E-state index contributed by atoms with van der Waals surface area (Å²) in [5, 5.41) is 4.87. The second-order valence-corrected chi connectivity index (χ2v) is 8.39. The van der Waals surface area contributed by atoms with Gasteiger partial charge in [0.25, 0.3) is 17.4 Å². The zero-order chi connectivity index (χ0) is 20.4. The van der Waals surface area contributed by atoms with E-state index in [2.05, 4.69) is 15.7 Å². The molecule has 3 heterocycles. The third-order valence-electron chi connectivity index (χ3n) is 4.20. The van der Waals surface area contributed by atoms with Crippen LogP contribution >= 0.6 is 22.7 Å². The van der Waals surface area contributed by atoms with Crippen molar-refractivity contribution < 1.29 is 9.59 Å². The van der Waals surface area contributed by atoms with Gasteiger partial charge in [-0.25, -0.2) is 9.66 Å². The Morgan fingerprint density at radius 1 is 1.14 bits per heavy atom. The van der Waals surface area contributed by atoms with Crippen LogP contribution in [0.2, 0.25) is 0 Å². The molecule has 0 aliphatic carbocycles. The van der Waals surface area contributed by atoms with E-state index in [-0.39, 0.29) is 18.0 Å². The predicted molar refractivity (Wildman–Crippen MR) is 115 cm³/mol. The first-order chi connectivity index (χ1) is 14.0. The molecule has 146 valence electrons. The molecule has 0 unspecified atom stereocenters. The molecule has 0 atom stereocenters. The van der Waals surface area contributed by atoms with Gasteiger partial charge in [0.2, 0.25) is 0 Å². The summed E-state index contributed by atoms with van der Waals surface area (Å²) < 4.78 is 1.05. The van der Waals surface area contributed by atoms with Gasteiger partial charge in [0.1, 0.15) is 11.2 Å². The minimum absolute atomic E-state index is 0.255. The lowest BCUT2D eigenvalue weighted by molar-refractivity contribution is -0.116. The van der Waals surface area contributed by atoms with Crippen molar-refractivity contribution in [3.63, 3.8) is 0 Å². The van der Waals surface area contributed by atoms with Crippen molar-refractivity contribution in [3.05, 3.63) is 74.3 Å². The average Bonchev–Trinajstić information content (AvgIpc) is 3.36. The molecule has 29 heavy (non-hydrogen) atoms. The van der Waals surface area contributed by atoms with Crippen LogP contribution < -0.4 is 16.3 Å². The number of carbonyl (C=O) groups is 2. The van der Waals surface area contributed by atoms with E-state index in [0.29, 0.717) is 15.1 Å². The number of hydrogen-bond acceptors (Lipinski definition) is 6. The van der Waals surface area contributed by atoms with E-state index in [1.807, 2.05) is 48.7 Å². The first kappa shape index (κ1) is 19.0. The highest BCUT2D eigenvalue weighted by Gasteiger charge is 2.15. The van der Waals surface area contributed by atoms with E-state index in [1.54, 1.807) is 6.07 Å². The fourth-order valence-corrected chi connectivity index (χ4v) is 4.51. The van der Waals surface area contributed by atoms with Gasteiger partial charge in [-0.05, 0) is 24.6 Å². The monoisotopic (exact) mass is 424 g/mol. The van der Waals surface area contributed by atoms with Gasteiger partial charge in [-0.15, -0.1) is 22.7 Å². The minimum Gasteiger partial charge on any atom is -0.342 e. The zero-order valence-corrected chi connectivity index (χ0v) is 17.0. The predicted octanol–water partition coefficient (Wildman–Crippen LogP) is 3.00. The average molecular weight is 425 g/mol. The van der Waals surface area contributed by atoms with Crippen LogP contribution in [0.15, 0.2) is 59.0 Å². The Bertz CT molecular complexity index is 1260. The van der Waals surface area contributed by atoms with E-state index in [1.165, 1.54) is 29.0 Å². The molecule has 2 amide bonds. The maximum absolute atomic E-state index is 12.9. The van der Waals surface area contributed by atoms with E-state index >= 15 is 0 Å². The Hall–Kier alpha value is -3.30. The summed E-state index contributed by atoms with van der Waals surface area (Å²) in [6, 6.07) is 13.1. The molecule has 1 aromatic carbocycles. The smallest absolute Gasteiger partial charge is 0.281 e. The maximum Gasteiger partial charge on any atom is 0.281 e. The molecule has 0 aliphatic rings. The second kappa shape index (κ2) is 7.98. The summed E-state index contributed by atoms with van der Waals surface area (Å²) in [6.07, 6.45) is 1.28. The first-order valence-electron chi connectivity index (χ1n) is 8.71. The van der Waals surface area contributed by atoms with Crippen LogP contribution in [0.25, 0.3) is 21.3 Å². The standard InChI is InChI=1S/C20H16N4O3S2/c1-12-7-8-15(29-12)18(26)21-9-16(25)23-24-11-22-19-17(20(24)27)14(10-28-19)13-5-3-2-4-6-13/h2-8,10-11H,9H2,1H3,(H,21,26)(H,23,25). The number of fused-ring (bicyclic) bond motifs is 1. The molecule has 0 radical (unpaired) electrons. The highest BCUT2D eigenvalue weighted by atomic mass is 32.1. The van der Waals surface area contributed by atoms with Crippen LogP contribution in [0, 0.1) is 6.92 Å². The van der Waals surface area contributed by atoms with Gasteiger partial charge in [0.05, 0.1) is 16.8 Å². The molecular formula is C20H16N4O3S2. The molecule has 0 fully saturated rings. The van der Waals surface area contributed by atoms with Crippen LogP contribution in [0.1, 0.15) is 14.5 Å². The molecule has 0 saturated heterocycles. The number of rotatable bonds is 5. The highest BCUT2D eigenvalue weighted by molar-refractivity contribution is 7.17. The molecular weight excluding hydrogens is 408 g/mol. The Morgan fingerprint density at radius 3 is 2.66 bits per heavy atom. The van der Waals surface area contributed by atoms with Gasteiger partial charge in [-0.3, -0.25) is 19.8 Å². The van der Waals surface area contributed by atoms with E-state index in [4.69, 9.17) is 0 Å². The number of benzene rings is 1. The third kappa shape index (κ3) is 3.96. The topological polar surface area (TPSA) is 93.1 Å². The number of hydrogen-bond donors (Lipinski definition) is 2. The van der Waals surface area contributed by atoms with Crippen LogP contribution in [-0.4, -0.2) is 28.0 Å². The molecule has 4 rings (SSSR count). The fraction of sp³-hybridized carbons (Fsp3) is 0.100. The summed E-state index contributed by atoms with van der Waals surface area (Å²) in [6.45, 7) is 1.65. The first-order valence-corrected chi connectivity index (χ1v) is 10.4. The number of aryl methyl sites for hydroxylation is 1. The van der Waals surface area contributed by atoms with Crippen molar-refractivity contribution in [3.8, 4) is 11.1 Å². The van der Waals surface area contributed by atoms with Gasteiger partial charge in [0, 0.05) is 15.8 Å². The van der Waals surface area contributed by atoms with Crippen molar-refractivity contribution in [2.75, 3.05) is 12.0 Å². The Balaban J connectivity index is 1.52. The van der Waals surface area contributed by atoms with Crippen LogP contribution in [0.5, 0.6) is 0 Å². The molecule has 0 spiro atoms. The van der Waals surface area contributed by atoms with Gasteiger partial charge in [0.15, 0.2) is 0 Å². The quantitative estimate of drug-likeness (QED) is 0.515. The lowest BCUT2D eigenvalue weighted by atomic mass is 10.1. The molecule has 0 aliphatic heterocycles. The molecule has 4 aromatic rings. The molecule has 0 bridgehead atoms. The number of thiophene rings is 2. The van der Waals surface area contributed by atoms with E-state index in [9.17, 15) is 14.4 Å². The molecule has 7 nitrogen and oxygen atoms in total. The summed E-state index contributed by atoms with van der Waals surface area (Å²) >= 11 is 2.72. The van der Waals surface area contributed by atoms with Gasteiger partial charge < -0.3 is 5.32 Å².